The molecule has 0 radical (unpaired) electrons. The van der Waals surface area contributed by atoms with Crippen LogP contribution >= 0.6 is 103 Å². The van der Waals surface area contributed by atoms with E-state index in [1.807, 2.05) is 18.6 Å². The number of carbonyl (C=O) groups excluding carboxylic acids is 3. The lowest BCUT2D eigenvalue weighted by Gasteiger charge is -2.19. The van der Waals surface area contributed by atoms with Crippen molar-refractivity contribution >= 4 is 155 Å². The molecule has 0 aromatic rings. The van der Waals surface area contributed by atoms with Gasteiger partial charge in [-0.3, -0.25) is 0 Å². The van der Waals surface area contributed by atoms with E-state index in [0.717, 1.165) is 46.0 Å². The lowest BCUT2D eigenvalue weighted by atomic mass is 10.1. The fourth-order valence-corrected chi connectivity index (χ4v) is 11.1. The number of amides is 3. The Hall–Kier alpha value is 2.46. The fourth-order valence-electron chi connectivity index (χ4n) is 4.20. The van der Waals surface area contributed by atoms with Crippen molar-refractivity contribution in [3.8, 4) is 0 Å². The molecule has 0 saturated carbocycles. The van der Waals surface area contributed by atoms with Crippen LogP contribution < -0.4 is 71.9 Å². The summed E-state index contributed by atoms with van der Waals surface area (Å²) in [6, 6.07) is 0. The first-order chi connectivity index (χ1) is 18.5. The molecule has 6 rings (SSSR count). The number of nitrogens with zero attached hydrogens (tertiary/aromatic N) is 6. The maximum atomic E-state index is 11.0. The number of alkyl halides is 3. The van der Waals surface area contributed by atoms with Gasteiger partial charge < -0.3 is 71.9 Å². The summed E-state index contributed by atoms with van der Waals surface area (Å²) in [7, 11) is 0. The standard InChI is InChI=1S/3C8H10IN2OS.3HI/c3*1-8(4-9)5-13-7-10-6(12)2-3-11(7)8;;;/h3*3H,2,4-5H2,1H3;3*1H/q3*+1;;;/p-3. The van der Waals surface area contributed by atoms with E-state index in [2.05, 4.69) is 117 Å². The Morgan fingerprint density at radius 3 is 1.05 bits per heavy atom. The molecule has 3 saturated heterocycles. The molecule has 0 spiro atoms. The van der Waals surface area contributed by atoms with Crippen molar-refractivity contribution in [2.24, 2.45) is 15.0 Å². The molecule has 0 aliphatic carbocycles. The van der Waals surface area contributed by atoms with Gasteiger partial charge >= 0.3 is 33.2 Å². The second-order valence-electron chi connectivity index (χ2n) is 10.4. The minimum absolute atomic E-state index is 0. The number of amidine groups is 3. The van der Waals surface area contributed by atoms with E-state index in [9.17, 15) is 14.4 Å². The number of aliphatic imine (C=N–C) groups is 3. The first-order valence-corrected chi connectivity index (χ1v) is 19.8. The molecule has 0 N–H and O–H groups in total. The molecule has 3 fully saturated rings. The lowest BCUT2D eigenvalue weighted by molar-refractivity contribution is -0.473. The molecule has 3 amide bonds. The van der Waals surface area contributed by atoms with Crippen LogP contribution in [0.1, 0.15) is 40.0 Å². The van der Waals surface area contributed by atoms with Crippen LogP contribution in [0.4, 0.5) is 0 Å². The summed E-state index contributed by atoms with van der Waals surface area (Å²) in [6.07, 6.45) is 7.29. The maximum absolute atomic E-state index is 11.0. The molecular formula is C24H30I6N6O3S3. The average molecular weight is 1310 g/mol. The van der Waals surface area contributed by atoms with Crippen molar-refractivity contribution in [1.82, 2.24) is 0 Å². The highest BCUT2D eigenvalue weighted by molar-refractivity contribution is 14.1. The summed E-state index contributed by atoms with van der Waals surface area (Å²) in [4.78, 5) is 45.2. The van der Waals surface area contributed by atoms with Crippen LogP contribution in [0.2, 0.25) is 0 Å². The number of carbonyl (C=O) groups is 3. The van der Waals surface area contributed by atoms with Gasteiger partial charge in [-0.2, -0.15) is 0 Å². The highest BCUT2D eigenvalue weighted by atomic mass is 127. The minimum atomic E-state index is -0.0172. The SMILES string of the molecule is CC1(CI)CSC2=NC(=O)CC=[N+]21.CC1(CI)CSC2=NC(=O)CC=[N+]21.CC1(CI)CSC2=NC(=O)CC=[N+]21.[I-].[I-].[I-]. The number of hydrogen-bond donors (Lipinski definition) is 0. The third kappa shape index (κ3) is 9.76. The van der Waals surface area contributed by atoms with Gasteiger partial charge in [0.2, 0.25) is 0 Å². The van der Waals surface area contributed by atoms with E-state index in [-0.39, 0.29) is 106 Å². The van der Waals surface area contributed by atoms with E-state index < -0.39 is 0 Å². The molecule has 42 heavy (non-hydrogen) atoms. The summed E-state index contributed by atoms with van der Waals surface area (Å²) in [5, 5.41) is 2.65. The van der Waals surface area contributed by atoms with Crippen molar-refractivity contribution in [2.45, 2.75) is 56.7 Å². The molecule has 0 aromatic carbocycles. The van der Waals surface area contributed by atoms with Gasteiger partial charge in [-0.15, -0.1) is 0 Å². The van der Waals surface area contributed by atoms with E-state index in [1.165, 1.54) is 0 Å². The third-order valence-corrected chi connectivity index (χ3v) is 15.6. The second kappa shape index (κ2) is 18.3. The van der Waals surface area contributed by atoms with Crippen molar-refractivity contribution in [3.05, 3.63) is 0 Å². The highest BCUT2D eigenvalue weighted by Crippen LogP contribution is 2.33. The molecule has 18 heteroatoms. The quantitative estimate of drug-likeness (QED) is 0.160. The van der Waals surface area contributed by atoms with Crippen LogP contribution in [0.25, 0.3) is 0 Å². The Morgan fingerprint density at radius 1 is 0.595 bits per heavy atom. The zero-order valence-corrected chi connectivity index (χ0v) is 38.4. The molecule has 9 nitrogen and oxygen atoms in total. The largest absolute Gasteiger partial charge is 1.00 e. The van der Waals surface area contributed by atoms with Crippen molar-refractivity contribution in [1.29, 1.82) is 0 Å². The van der Waals surface area contributed by atoms with E-state index in [4.69, 9.17) is 0 Å². The van der Waals surface area contributed by atoms with Gasteiger partial charge in [-0.1, -0.05) is 67.8 Å². The summed E-state index contributed by atoms with van der Waals surface area (Å²) >= 11 is 12.2. The Bertz CT molecular complexity index is 1140. The fraction of sp³-hybridized carbons (Fsp3) is 0.625. The van der Waals surface area contributed by atoms with Gasteiger partial charge in [-0.25, -0.2) is 28.1 Å². The Labute approximate surface area is 351 Å². The molecule has 6 heterocycles. The van der Waals surface area contributed by atoms with E-state index >= 15 is 0 Å². The lowest BCUT2D eigenvalue weighted by Crippen LogP contribution is -3.00. The first-order valence-electron chi connectivity index (χ1n) is 12.3. The number of hydrogen-bond acceptors (Lipinski definition) is 6. The van der Waals surface area contributed by atoms with Crippen LogP contribution in [-0.2, 0) is 14.4 Å². The van der Waals surface area contributed by atoms with E-state index in [0.29, 0.717) is 19.3 Å². The number of halogens is 6. The summed E-state index contributed by atoms with van der Waals surface area (Å²) in [6.45, 7) is 6.63. The van der Waals surface area contributed by atoms with Crippen molar-refractivity contribution in [3.63, 3.8) is 0 Å². The van der Waals surface area contributed by atoms with Crippen LogP contribution in [-0.4, -0.2) is 113 Å². The molecule has 3 atom stereocenters. The third-order valence-electron chi connectivity index (χ3n) is 6.77. The Balaban J connectivity index is 0.000000304. The zero-order valence-electron chi connectivity index (χ0n) is 23.0. The Morgan fingerprint density at radius 2 is 0.833 bits per heavy atom. The predicted octanol–water partition coefficient (Wildman–Crippen LogP) is -5.10. The van der Waals surface area contributed by atoms with Crippen LogP contribution in [0, 0.1) is 0 Å². The smallest absolute Gasteiger partial charge is 0.363 e. The number of thioether (sulfide) groups is 3. The highest BCUT2D eigenvalue weighted by Gasteiger charge is 2.47. The van der Waals surface area contributed by atoms with Gasteiger partial charge in [0.15, 0.2) is 0 Å². The molecule has 0 aromatic heterocycles. The average Bonchev–Trinajstić information content (AvgIpc) is 3.56. The summed E-state index contributed by atoms with van der Waals surface area (Å²) in [5.41, 5.74) is 0.472. The maximum Gasteiger partial charge on any atom is 0.363 e. The molecular weight excluding hydrogens is 1280 g/mol. The van der Waals surface area contributed by atoms with Crippen LogP contribution in [0.3, 0.4) is 0 Å². The molecule has 6 aliphatic heterocycles. The van der Waals surface area contributed by atoms with Gasteiger partial charge in [0.25, 0.3) is 0 Å². The number of fused-ring (bicyclic) bond motifs is 3. The summed E-state index contributed by atoms with van der Waals surface area (Å²) in [5.74, 6) is 3.03. The molecule has 234 valence electrons. The molecule has 0 bridgehead atoms. The number of rotatable bonds is 3. The summed E-state index contributed by atoms with van der Waals surface area (Å²) < 4.78 is 9.65. The normalized spacial score (nSPS) is 30.3. The van der Waals surface area contributed by atoms with Crippen LogP contribution in [0.15, 0.2) is 15.0 Å². The van der Waals surface area contributed by atoms with Gasteiger partial charge in [0.1, 0.15) is 35.9 Å². The van der Waals surface area contributed by atoms with Gasteiger partial charge in [-0.05, 0) is 56.1 Å². The Kier molecular flexibility index (Phi) is 18.5. The van der Waals surface area contributed by atoms with E-state index in [1.54, 1.807) is 35.3 Å². The molecule has 3 unspecified atom stereocenters. The zero-order chi connectivity index (χ0) is 28.4. The van der Waals surface area contributed by atoms with Crippen molar-refractivity contribution < 1.29 is 100 Å². The topological polar surface area (TPSA) is 97.3 Å². The van der Waals surface area contributed by atoms with Gasteiger partial charge in [0.05, 0.1) is 18.6 Å². The minimum Gasteiger partial charge on any atom is -1.00 e. The second-order valence-corrected chi connectivity index (χ2v) is 15.5. The van der Waals surface area contributed by atoms with Crippen LogP contribution in [0.5, 0.6) is 0 Å². The monoisotopic (exact) mass is 1310 g/mol. The molecule has 6 aliphatic rings. The predicted molar refractivity (Wildman–Crippen MR) is 189 cm³/mol. The van der Waals surface area contributed by atoms with Crippen molar-refractivity contribution in [2.75, 3.05) is 30.5 Å². The first kappa shape index (κ1) is 42.5. The van der Waals surface area contributed by atoms with Gasteiger partial charge in [0, 0.05) is 45.5 Å².